The molecule has 65 heavy (non-hydrogen) atoms. The molecule has 0 spiro atoms. The molecule has 8 aromatic rings. The van der Waals surface area contributed by atoms with Crippen LogP contribution >= 0.6 is 68.8 Å². The molecular weight excluding hydrogens is 913 g/mol. The molecule has 6 nitrogen and oxygen atoms in total. The van der Waals surface area contributed by atoms with Crippen molar-refractivity contribution in [1.29, 1.82) is 0 Å². The summed E-state index contributed by atoms with van der Waals surface area (Å²) in [6, 6.07) is 18.5. The Morgan fingerprint density at radius 3 is 1.25 bits per heavy atom. The number of rotatable bonds is 24. The standard InChI is InChI=1S/C53H64N6S6/c1-5-9-13-17-21-33-23-25-41(60-33)45-39(54)29-35(47-49(45)58-64-56-47)43-31-37-51(62-43)52-38(53(37,27-19-15-11-7-3)28-20-16-12-8-4)32-44(63-52)36-30-40(55)46(50-48(36)57-65-59-50)42-26-24-34(61-42)22-18-14-10-6-2/h23-26,29-32H,5-22,27-28,54-55H2,1-4H3. The zero-order chi connectivity index (χ0) is 44.9. The van der Waals surface area contributed by atoms with Crippen molar-refractivity contribution in [1.82, 2.24) is 17.5 Å². The molecule has 1 aliphatic carbocycles. The van der Waals surface area contributed by atoms with Gasteiger partial charge in [0.05, 0.1) is 23.5 Å². The molecule has 2 aromatic carbocycles. The van der Waals surface area contributed by atoms with Gasteiger partial charge in [-0.05, 0) is 98.2 Å². The van der Waals surface area contributed by atoms with Gasteiger partial charge < -0.3 is 11.5 Å². The molecule has 0 radical (unpaired) electrons. The Morgan fingerprint density at radius 2 is 0.831 bits per heavy atom. The zero-order valence-electron chi connectivity index (χ0n) is 38.7. The number of hydrogen-bond donors (Lipinski definition) is 2. The van der Waals surface area contributed by atoms with E-state index in [4.69, 9.17) is 29.0 Å². The van der Waals surface area contributed by atoms with Crippen molar-refractivity contribution < 1.29 is 0 Å². The summed E-state index contributed by atoms with van der Waals surface area (Å²) < 4.78 is 19.9. The van der Waals surface area contributed by atoms with E-state index < -0.39 is 0 Å². The molecule has 0 aliphatic heterocycles. The average molecular weight is 978 g/mol. The number of nitrogens with zero attached hydrogens (tertiary/aromatic N) is 4. The van der Waals surface area contributed by atoms with E-state index in [1.807, 2.05) is 45.3 Å². The van der Waals surface area contributed by atoms with Crippen molar-refractivity contribution >= 4 is 102 Å². The van der Waals surface area contributed by atoms with Gasteiger partial charge in [-0.1, -0.05) is 118 Å². The lowest BCUT2D eigenvalue weighted by Crippen LogP contribution is -2.25. The number of nitrogens with two attached hydrogens (primary N) is 2. The fourth-order valence-electron chi connectivity index (χ4n) is 10.2. The second kappa shape index (κ2) is 21.2. The number of anilines is 2. The maximum absolute atomic E-state index is 7.10. The normalized spacial score (nSPS) is 13.2. The summed E-state index contributed by atoms with van der Waals surface area (Å²) in [5.74, 6) is 0. The fraction of sp³-hybridized carbons (Fsp3) is 0.472. The van der Waals surface area contributed by atoms with E-state index in [2.05, 4.69) is 76.2 Å². The number of fused-ring (bicyclic) bond motifs is 5. The number of thiophene rings is 4. The number of aromatic nitrogens is 4. The lowest BCUT2D eigenvalue weighted by molar-refractivity contribution is 0.402. The second-order valence-corrected chi connectivity index (χ2v) is 23.8. The number of benzene rings is 2. The molecule has 9 rings (SSSR count). The van der Waals surface area contributed by atoms with Gasteiger partial charge in [0.1, 0.15) is 22.1 Å². The van der Waals surface area contributed by atoms with E-state index in [0.29, 0.717) is 0 Å². The Labute approximate surface area is 410 Å². The van der Waals surface area contributed by atoms with Crippen LogP contribution in [0.15, 0.2) is 48.5 Å². The SMILES string of the molecule is CCCCCCc1ccc(-c2c(N)cc(-c3cc4c(s3)-c3sc(-c5cc(N)c(-c6ccc(CCCCCC)s6)c6nsnc56)cc3C4(CCCCCC)CCCCCC)c3nsnc23)s1. The third-order valence-corrected chi connectivity index (χ3v) is 19.5. The fourth-order valence-corrected chi connectivity index (χ4v) is 16.3. The van der Waals surface area contributed by atoms with Gasteiger partial charge in [-0.3, -0.25) is 0 Å². The van der Waals surface area contributed by atoms with Crippen LogP contribution in [0.1, 0.15) is 164 Å². The summed E-state index contributed by atoms with van der Waals surface area (Å²) in [7, 11) is 0. The van der Waals surface area contributed by atoms with Gasteiger partial charge in [-0.15, -0.1) is 45.3 Å². The van der Waals surface area contributed by atoms with Crippen molar-refractivity contribution in [3.05, 3.63) is 69.4 Å². The molecule has 4 N–H and O–H groups in total. The van der Waals surface area contributed by atoms with E-state index in [9.17, 15) is 0 Å². The van der Waals surface area contributed by atoms with E-state index in [1.165, 1.54) is 176 Å². The van der Waals surface area contributed by atoms with Crippen molar-refractivity contribution in [3.8, 4) is 51.5 Å². The van der Waals surface area contributed by atoms with Crippen molar-refractivity contribution in [2.45, 2.75) is 162 Å². The lowest BCUT2D eigenvalue weighted by atomic mass is 9.71. The number of aryl methyl sites for hydroxylation is 2. The predicted octanol–water partition coefficient (Wildman–Crippen LogP) is 18.2. The zero-order valence-corrected chi connectivity index (χ0v) is 43.6. The largest absolute Gasteiger partial charge is 0.398 e. The van der Waals surface area contributed by atoms with Crippen molar-refractivity contribution in [2.24, 2.45) is 0 Å². The average Bonchev–Trinajstić information content (AvgIpc) is 4.17. The molecule has 342 valence electrons. The molecule has 0 amide bonds. The van der Waals surface area contributed by atoms with E-state index >= 15 is 0 Å². The first kappa shape index (κ1) is 46.6. The van der Waals surface area contributed by atoms with Gasteiger partial charge >= 0.3 is 0 Å². The highest BCUT2D eigenvalue weighted by Crippen LogP contribution is 2.62. The van der Waals surface area contributed by atoms with Crippen LogP contribution < -0.4 is 11.5 Å². The van der Waals surface area contributed by atoms with Crippen LogP contribution in [-0.2, 0) is 18.3 Å². The van der Waals surface area contributed by atoms with Crippen LogP contribution in [0.5, 0.6) is 0 Å². The molecule has 1 aliphatic rings. The van der Waals surface area contributed by atoms with Crippen LogP contribution in [0.4, 0.5) is 11.4 Å². The second-order valence-electron chi connectivity index (χ2n) is 18.3. The minimum atomic E-state index is -0.0690. The maximum Gasteiger partial charge on any atom is 0.116 e. The van der Waals surface area contributed by atoms with E-state index in [0.717, 1.165) is 81.4 Å². The highest BCUT2D eigenvalue weighted by molar-refractivity contribution is 7.26. The summed E-state index contributed by atoms with van der Waals surface area (Å²) in [4.78, 5) is 10.5. The summed E-state index contributed by atoms with van der Waals surface area (Å²) in [5.41, 5.74) is 26.8. The monoisotopic (exact) mass is 976 g/mol. The van der Waals surface area contributed by atoms with Gasteiger partial charge in [0.2, 0.25) is 0 Å². The van der Waals surface area contributed by atoms with Crippen LogP contribution in [0.25, 0.3) is 73.6 Å². The lowest BCUT2D eigenvalue weighted by Gasteiger charge is -2.31. The van der Waals surface area contributed by atoms with Crippen LogP contribution in [0, 0.1) is 0 Å². The molecule has 6 aromatic heterocycles. The molecule has 0 fully saturated rings. The summed E-state index contributed by atoms with van der Waals surface area (Å²) in [6.45, 7) is 9.17. The number of hydrogen-bond acceptors (Lipinski definition) is 12. The van der Waals surface area contributed by atoms with Crippen molar-refractivity contribution in [2.75, 3.05) is 11.5 Å². The van der Waals surface area contributed by atoms with E-state index in [1.54, 1.807) is 0 Å². The minimum Gasteiger partial charge on any atom is -0.398 e. The van der Waals surface area contributed by atoms with Gasteiger partial charge in [-0.2, -0.15) is 17.5 Å². The number of unbranched alkanes of at least 4 members (excludes halogenated alkanes) is 12. The Kier molecular flexibility index (Phi) is 15.2. The molecule has 0 saturated heterocycles. The Bertz CT molecular complexity index is 2660. The summed E-state index contributed by atoms with van der Waals surface area (Å²) in [5, 5.41) is 0. The third kappa shape index (κ3) is 9.38. The maximum atomic E-state index is 7.10. The molecular formula is C53H64N6S6. The predicted molar refractivity (Wildman–Crippen MR) is 290 cm³/mol. The molecule has 0 bridgehead atoms. The minimum absolute atomic E-state index is 0.0690. The molecule has 6 heterocycles. The molecule has 12 heteroatoms. The van der Waals surface area contributed by atoms with Crippen LogP contribution in [0.3, 0.4) is 0 Å². The first-order chi connectivity index (χ1) is 31.9. The smallest absolute Gasteiger partial charge is 0.116 e. The Balaban J connectivity index is 1.12. The van der Waals surface area contributed by atoms with Crippen LogP contribution in [-0.4, -0.2) is 17.5 Å². The van der Waals surface area contributed by atoms with Gasteiger partial charge in [0, 0.05) is 78.1 Å². The summed E-state index contributed by atoms with van der Waals surface area (Å²) in [6.07, 6.45) is 24.6. The Morgan fingerprint density at radius 1 is 0.431 bits per heavy atom. The van der Waals surface area contributed by atoms with Crippen molar-refractivity contribution in [3.63, 3.8) is 0 Å². The van der Waals surface area contributed by atoms with E-state index in [-0.39, 0.29) is 5.41 Å². The topological polar surface area (TPSA) is 104 Å². The summed E-state index contributed by atoms with van der Waals surface area (Å²) >= 11 is 10.2. The molecule has 0 atom stereocenters. The quantitative estimate of drug-likeness (QED) is 0.0462. The van der Waals surface area contributed by atoms with Crippen LogP contribution in [0.2, 0.25) is 0 Å². The highest BCUT2D eigenvalue weighted by Gasteiger charge is 2.46. The highest BCUT2D eigenvalue weighted by atomic mass is 32.1. The first-order valence-electron chi connectivity index (χ1n) is 24.5. The molecule has 0 saturated carbocycles. The third-order valence-electron chi connectivity index (χ3n) is 13.7. The van der Waals surface area contributed by atoms with Gasteiger partial charge in [-0.25, -0.2) is 0 Å². The first-order valence-corrected chi connectivity index (χ1v) is 29.2. The Hall–Kier alpha value is -3.52. The molecule has 0 unspecified atom stereocenters. The number of nitrogen functional groups attached to an aromatic ring is 2. The van der Waals surface area contributed by atoms with Gasteiger partial charge in [0.15, 0.2) is 0 Å². The van der Waals surface area contributed by atoms with Gasteiger partial charge in [0.25, 0.3) is 0 Å².